The summed E-state index contributed by atoms with van der Waals surface area (Å²) in [5.74, 6) is 0.111. The highest BCUT2D eigenvalue weighted by Gasteiger charge is 2.34. The molecule has 0 radical (unpaired) electrons. The van der Waals surface area contributed by atoms with E-state index in [1.54, 1.807) is 24.3 Å². The molecular weight excluding hydrogens is 356 g/mol. The lowest BCUT2D eigenvalue weighted by molar-refractivity contribution is -0.121. The fourth-order valence-electron chi connectivity index (χ4n) is 3.40. The van der Waals surface area contributed by atoms with Gasteiger partial charge in [-0.2, -0.15) is 0 Å². The molecule has 7 heteroatoms. The number of amides is 3. The number of imidazole rings is 1. The van der Waals surface area contributed by atoms with Crippen molar-refractivity contribution in [2.75, 3.05) is 13.1 Å². The van der Waals surface area contributed by atoms with Crippen LogP contribution in [0.1, 0.15) is 39.4 Å². The number of rotatable bonds is 7. The van der Waals surface area contributed by atoms with Gasteiger partial charge in [-0.3, -0.25) is 19.3 Å². The van der Waals surface area contributed by atoms with E-state index in [1.807, 2.05) is 35.0 Å². The van der Waals surface area contributed by atoms with Crippen molar-refractivity contribution in [3.63, 3.8) is 0 Å². The molecule has 1 N–H and O–H groups in total. The van der Waals surface area contributed by atoms with E-state index in [4.69, 9.17) is 0 Å². The van der Waals surface area contributed by atoms with Crippen LogP contribution in [0.25, 0.3) is 5.52 Å². The van der Waals surface area contributed by atoms with Gasteiger partial charge in [-0.25, -0.2) is 4.98 Å². The number of imide groups is 1. The molecule has 7 nitrogen and oxygen atoms in total. The second-order valence-corrected chi connectivity index (χ2v) is 6.68. The van der Waals surface area contributed by atoms with Crippen molar-refractivity contribution in [1.82, 2.24) is 19.6 Å². The summed E-state index contributed by atoms with van der Waals surface area (Å²) in [6.07, 6.45) is 5.40. The molecule has 0 spiro atoms. The van der Waals surface area contributed by atoms with Crippen molar-refractivity contribution in [2.24, 2.45) is 0 Å². The van der Waals surface area contributed by atoms with Crippen LogP contribution in [0.2, 0.25) is 0 Å². The fourth-order valence-corrected chi connectivity index (χ4v) is 3.40. The third-order valence-corrected chi connectivity index (χ3v) is 4.86. The minimum atomic E-state index is -0.334. The van der Waals surface area contributed by atoms with Gasteiger partial charge in [0.25, 0.3) is 11.8 Å². The van der Waals surface area contributed by atoms with Gasteiger partial charge in [0.15, 0.2) is 0 Å². The number of hydrogen-bond acceptors (Lipinski definition) is 4. The van der Waals surface area contributed by atoms with E-state index in [0.717, 1.165) is 29.1 Å². The predicted octanol–water partition coefficient (Wildman–Crippen LogP) is 2.07. The maximum absolute atomic E-state index is 12.3. The average Bonchev–Trinajstić information content (AvgIpc) is 3.24. The zero-order valence-corrected chi connectivity index (χ0v) is 15.3. The fraction of sp³-hybridized carbons (Fsp3) is 0.238. The van der Waals surface area contributed by atoms with E-state index in [1.165, 1.54) is 0 Å². The zero-order valence-electron chi connectivity index (χ0n) is 15.3. The molecule has 3 heterocycles. The average molecular weight is 376 g/mol. The van der Waals surface area contributed by atoms with Crippen LogP contribution in [-0.2, 0) is 11.2 Å². The number of nitrogens with one attached hydrogen (secondary N) is 1. The van der Waals surface area contributed by atoms with Crippen LogP contribution in [-0.4, -0.2) is 45.1 Å². The van der Waals surface area contributed by atoms with E-state index >= 15 is 0 Å². The highest BCUT2D eigenvalue weighted by Crippen LogP contribution is 2.22. The van der Waals surface area contributed by atoms with Crippen molar-refractivity contribution < 1.29 is 14.4 Å². The van der Waals surface area contributed by atoms with Crippen molar-refractivity contribution in [3.05, 3.63) is 71.8 Å². The molecule has 3 amide bonds. The number of nitrogens with zero attached hydrogens (tertiary/aromatic N) is 3. The molecule has 0 aliphatic carbocycles. The van der Waals surface area contributed by atoms with Crippen LogP contribution in [0.3, 0.4) is 0 Å². The molecule has 0 unspecified atom stereocenters. The molecule has 0 bridgehead atoms. The van der Waals surface area contributed by atoms with E-state index in [2.05, 4.69) is 10.3 Å². The van der Waals surface area contributed by atoms with Crippen LogP contribution in [0.5, 0.6) is 0 Å². The first-order valence-electron chi connectivity index (χ1n) is 9.28. The number of carbonyl (C=O) groups is 3. The Kier molecular flexibility index (Phi) is 4.89. The monoisotopic (exact) mass is 376 g/mol. The summed E-state index contributed by atoms with van der Waals surface area (Å²) in [6.45, 7) is 0.603. The molecule has 28 heavy (non-hydrogen) atoms. The van der Waals surface area contributed by atoms with Crippen LogP contribution in [0.4, 0.5) is 0 Å². The van der Waals surface area contributed by atoms with E-state index < -0.39 is 0 Å². The van der Waals surface area contributed by atoms with Crippen LogP contribution in [0, 0.1) is 0 Å². The minimum absolute atomic E-state index is 0.0864. The Morgan fingerprint density at radius 2 is 1.71 bits per heavy atom. The highest BCUT2D eigenvalue weighted by atomic mass is 16.2. The first-order valence-corrected chi connectivity index (χ1v) is 9.28. The summed E-state index contributed by atoms with van der Waals surface area (Å²) in [5, 5.41) is 2.84. The summed E-state index contributed by atoms with van der Waals surface area (Å²) < 4.78 is 2.03. The summed E-state index contributed by atoms with van der Waals surface area (Å²) in [4.78, 5) is 42.2. The topological polar surface area (TPSA) is 83.8 Å². The largest absolute Gasteiger partial charge is 0.356 e. The number of benzene rings is 1. The van der Waals surface area contributed by atoms with E-state index in [-0.39, 0.29) is 30.7 Å². The van der Waals surface area contributed by atoms with Gasteiger partial charge in [0.2, 0.25) is 5.91 Å². The smallest absolute Gasteiger partial charge is 0.261 e. The number of aryl methyl sites for hydroxylation is 1. The Labute approximate surface area is 162 Å². The third-order valence-electron chi connectivity index (χ3n) is 4.86. The van der Waals surface area contributed by atoms with Crippen molar-refractivity contribution in [1.29, 1.82) is 0 Å². The van der Waals surface area contributed by atoms with Crippen LogP contribution in [0.15, 0.2) is 54.9 Å². The lowest BCUT2D eigenvalue weighted by Gasteiger charge is -2.13. The van der Waals surface area contributed by atoms with Gasteiger partial charge in [-0.05, 0) is 30.7 Å². The molecule has 0 atom stereocenters. The third kappa shape index (κ3) is 3.38. The maximum Gasteiger partial charge on any atom is 0.261 e. The lowest BCUT2D eigenvalue weighted by atomic mass is 10.1. The van der Waals surface area contributed by atoms with Crippen molar-refractivity contribution in [2.45, 2.75) is 19.3 Å². The van der Waals surface area contributed by atoms with Gasteiger partial charge in [-0.15, -0.1) is 0 Å². The molecule has 4 rings (SSSR count). The second kappa shape index (κ2) is 7.64. The second-order valence-electron chi connectivity index (χ2n) is 6.68. The summed E-state index contributed by atoms with van der Waals surface area (Å²) >= 11 is 0. The number of fused-ring (bicyclic) bond motifs is 2. The lowest BCUT2D eigenvalue weighted by Crippen LogP contribution is -2.34. The number of pyridine rings is 1. The van der Waals surface area contributed by atoms with Crippen LogP contribution < -0.4 is 5.32 Å². The molecule has 2 aromatic heterocycles. The number of carbonyl (C=O) groups excluding carboxylic acids is 3. The standard InChI is InChI=1S/C21H20N4O3/c26-19(10-13-25-20(27)16-7-1-2-8-17(16)21(25)28)22-11-5-9-18-23-14-15-6-3-4-12-24(15)18/h1-4,6-8,12,14H,5,9-11,13H2,(H,22,26). The number of aromatic nitrogens is 2. The summed E-state index contributed by atoms with van der Waals surface area (Å²) in [7, 11) is 0. The Morgan fingerprint density at radius 3 is 2.46 bits per heavy atom. The van der Waals surface area contributed by atoms with E-state index in [9.17, 15) is 14.4 Å². The Bertz CT molecular complexity index is 1020. The zero-order chi connectivity index (χ0) is 19.5. The molecule has 0 saturated carbocycles. The Morgan fingerprint density at radius 1 is 1.00 bits per heavy atom. The Balaban J connectivity index is 1.22. The first kappa shape index (κ1) is 17.9. The Hall–Kier alpha value is -3.48. The molecule has 1 aliphatic rings. The number of hydrogen-bond donors (Lipinski definition) is 1. The molecule has 1 aromatic carbocycles. The normalized spacial score (nSPS) is 13.2. The van der Waals surface area contributed by atoms with Crippen LogP contribution >= 0.6 is 0 Å². The van der Waals surface area contributed by atoms with Crippen molar-refractivity contribution in [3.8, 4) is 0 Å². The van der Waals surface area contributed by atoms with E-state index in [0.29, 0.717) is 17.7 Å². The molecule has 1 aliphatic heterocycles. The minimum Gasteiger partial charge on any atom is -0.356 e. The molecule has 3 aromatic rings. The van der Waals surface area contributed by atoms with Gasteiger partial charge in [-0.1, -0.05) is 18.2 Å². The molecule has 0 saturated heterocycles. The summed E-state index contributed by atoms with van der Waals surface area (Å²) in [5.41, 5.74) is 1.85. The maximum atomic E-state index is 12.3. The molecule has 142 valence electrons. The van der Waals surface area contributed by atoms with Gasteiger partial charge < -0.3 is 9.72 Å². The molecule has 0 fully saturated rings. The van der Waals surface area contributed by atoms with Gasteiger partial charge in [0, 0.05) is 32.1 Å². The quantitative estimate of drug-likeness (QED) is 0.505. The van der Waals surface area contributed by atoms with Crippen molar-refractivity contribution >= 4 is 23.2 Å². The van der Waals surface area contributed by atoms with Gasteiger partial charge in [0.1, 0.15) is 5.82 Å². The highest BCUT2D eigenvalue weighted by molar-refractivity contribution is 6.21. The first-order chi connectivity index (χ1) is 13.6. The van der Waals surface area contributed by atoms with Gasteiger partial charge >= 0.3 is 0 Å². The summed E-state index contributed by atoms with van der Waals surface area (Å²) in [6, 6.07) is 12.6. The molecular formula is C21H20N4O3. The predicted molar refractivity (Wildman–Crippen MR) is 103 cm³/mol. The van der Waals surface area contributed by atoms with Gasteiger partial charge in [0.05, 0.1) is 22.8 Å². The SMILES string of the molecule is O=C(CCN1C(=O)c2ccccc2C1=O)NCCCc1ncc2ccccn12.